The Labute approximate surface area is 169 Å². The molecule has 1 aromatic heterocycles. The van der Waals surface area contributed by atoms with Gasteiger partial charge in [-0.3, -0.25) is 4.79 Å². The maximum atomic E-state index is 13.0. The van der Waals surface area contributed by atoms with Crippen LogP contribution >= 0.6 is 0 Å². The van der Waals surface area contributed by atoms with E-state index in [2.05, 4.69) is 15.6 Å². The van der Waals surface area contributed by atoms with E-state index in [0.29, 0.717) is 24.2 Å². The lowest BCUT2D eigenvalue weighted by atomic mass is 9.75. The summed E-state index contributed by atoms with van der Waals surface area (Å²) in [5.74, 6) is 0.232. The molecule has 0 radical (unpaired) electrons. The largest absolute Gasteiger partial charge is 0.384 e. The SMILES string of the molecule is CC(C)(O)c1cn(C[C@H]2C[C@@H]3CC[NH+]2C[C@@H]3C(=O)NCc2ccc(F)cc2)nn1. The molecule has 3 aliphatic rings. The van der Waals surface area contributed by atoms with Crippen molar-refractivity contribution < 1.29 is 19.2 Å². The number of benzene rings is 1. The number of quaternary nitrogens is 1. The minimum Gasteiger partial charge on any atom is -0.384 e. The number of aromatic nitrogens is 3. The zero-order chi connectivity index (χ0) is 20.6. The first kappa shape index (κ1) is 20.0. The summed E-state index contributed by atoms with van der Waals surface area (Å²) in [4.78, 5) is 14.2. The number of rotatable bonds is 6. The number of hydrogen-bond donors (Lipinski definition) is 3. The molecule has 4 atom stereocenters. The van der Waals surface area contributed by atoms with E-state index < -0.39 is 5.60 Å². The van der Waals surface area contributed by atoms with Crippen molar-refractivity contribution in [1.29, 1.82) is 0 Å². The molecule has 7 nitrogen and oxygen atoms in total. The maximum absolute atomic E-state index is 13.0. The Bertz CT molecular complexity index is 861. The smallest absolute Gasteiger partial charge is 0.229 e. The molecule has 3 saturated heterocycles. The second-order valence-electron chi connectivity index (χ2n) is 8.93. The average Bonchev–Trinajstić information content (AvgIpc) is 3.17. The highest BCUT2D eigenvalue weighted by Gasteiger charge is 2.46. The van der Waals surface area contributed by atoms with Crippen molar-refractivity contribution in [3.05, 3.63) is 47.5 Å². The number of nitrogens with one attached hydrogen (secondary N) is 2. The van der Waals surface area contributed by atoms with Crippen LogP contribution in [0.3, 0.4) is 0 Å². The molecule has 8 heteroatoms. The zero-order valence-electron chi connectivity index (χ0n) is 16.9. The summed E-state index contributed by atoms with van der Waals surface area (Å²) >= 11 is 0. The van der Waals surface area contributed by atoms with Crippen LogP contribution in [-0.4, -0.2) is 45.1 Å². The van der Waals surface area contributed by atoms with E-state index in [4.69, 9.17) is 0 Å². The Balaban J connectivity index is 1.33. The molecule has 2 aromatic rings. The van der Waals surface area contributed by atoms with Crippen molar-refractivity contribution >= 4 is 5.91 Å². The second-order valence-corrected chi connectivity index (χ2v) is 8.93. The van der Waals surface area contributed by atoms with Crippen molar-refractivity contribution in [2.75, 3.05) is 13.1 Å². The van der Waals surface area contributed by atoms with Crippen LogP contribution in [0.25, 0.3) is 0 Å². The zero-order valence-corrected chi connectivity index (χ0v) is 16.9. The fraction of sp³-hybridized carbons (Fsp3) is 0.571. The summed E-state index contributed by atoms with van der Waals surface area (Å²) in [5, 5.41) is 21.4. The van der Waals surface area contributed by atoms with E-state index in [1.807, 2.05) is 10.9 Å². The van der Waals surface area contributed by atoms with Crippen LogP contribution in [-0.2, 0) is 23.5 Å². The Morgan fingerprint density at radius 1 is 1.38 bits per heavy atom. The van der Waals surface area contributed by atoms with E-state index in [-0.39, 0.29) is 17.6 Å². The molecule has 4 heterocycles. The van der Waals surface area contributed by atoms with Crippen LogP contribution < -0.4 is 10.2 Å². The van der Waals surface area contributed by atoms with Gasteiger partial charge in [0.25, 0.3) is 0 Å². The van der Waals surface area contributed by atoms with Crippen LogP contribution in [0.5, 0.6) is 0 Å². The summed E-state index contributed by atoms with van der Waals surface area (Å²) in [6.45, 7) is 6.49. The van der Waals surface area contributed by atoms with Gasteiger partial charge in [-0.15, -0.1) is 5.10 Å². The van der Waals surface area contributed by atoms with Gasteiger partial charge in [-0.1, -0.05) is 17.3 Å². The second kappa shape index (κ2) is 7.84. The third-order valence-corrected chi connectivity index (χ3v) is 6.34. The number of hydrogen-bond acceptors (Lipinski definition) is 4. The quantitative estimate of drug-likeness (QED) is 0.647. The molecule has 29 heavy (non-hydrogen) atoms. The molecular weight excluding hydrogens is 373 g/mol. The average molecular weight is 402 g/mol. The maximum Gasteiger partial charge on any atom is 0.229 e. The molecule has 3 fully saturated rings. The first-order chi connectivity index (χ1) is 13.8. The Morgan fingerprint density at radius 2 is 2.14 bits per heavy atom. The highest BCUT2D eigenvalue weighted by Crippen LogP contribution is 2.28. The molecule has 0 aliphatic carbocycles. The molecule has 2 bridgehead atoms. The lowest BCUT2D eigenvalue weighted by Crippen LogP contribution is -3.20. The minimum absolute atomic E-state index is 0.0260. The van der Waals surface area contributed by atoms with Crippen molar-refractivity contribution in [1.82, 2.24) is 20.3 Å². The van der Waals surface area contributed by atoms with Gasteiger partial charge in [0.2, 0.25) is 5.91 Å². The van der Waals surface area contributed by atoms with Crippen LogP contribution in [0.1, 0.15) is 37.9 Å². The lowest BCUT2D eigenvalue weighted by molar-refractivity contribution is -0.945. The van der Waals surface area contributed by atoms with Gasteiger partial charge in [0, 0.05) is 19.4 Å². The van der Waals surface area contributed by atoms with Crippen LogP contribution in [0.2, 0.25) is 0 Å². The molecule has 0 spiro atoms. The Kier molecular flexibility index (Phi) is 5.40. The number of piperidine rings is 3. The summed E-state index contributed by atoms with van der Waals surface area (Å²) < 4.78 is 14.8. The van der Waals surface area contributed by atoms with Crippen molar-refractivity contribution in [3.63, 3.8) is 0 Å². The van der Waals surface area contributed by atoms with Crippen molar-refractivity contribution in [2.45, 2.75) is 51.4 Å². The monoisotopic (exact) mass is 402 g/mol. The van der Waals surface area contributed by atoms with Gasteiger partial charge in [-0.2, -0.15) is 0 Å². The molecule has 0 saturated carbocycles. The molecular formula is C21H29FN5O2+. The summed E-state index contributed by atoms with van der Waals surface area (Å²) in [6.07, 6.45) is 3.87. The molecule has 156 valence electrons. The number of amides is 1. The van der Waals surface area contributed by atoms with Crippen molar-refractivity contribution in [2.24, 2.45) is 11.8 Å². The minimum atomic E-state index is -0.995. The molecule has 1 amide bonds. The molecule has 5 rings (SSSR count). The number of halogens is 1. The highest BCUT2D eigenvalue weighted by atomic mass is 19.1. The third-order valence-electron chi connectivity index (χ3n) is 6.34. The predicted octanol–water partition coefficient (Wildman–Crippen LogP) is 0.254. The first-order valence-electron chi connectivity index (χ1n) is 10.3. The van der Waals surface area contributed by atoms with Gasteiger partial charge >= 0.3 is 0 Å². The lowest BCUT2D eigenvalue weighted by Gasteiger charge is -2.46. The molecule has 3 aliphatic heterocycles. The Morgan fingerprint density at radius 3 is 2.76 bits per heavy atom. The summed E-state index contributed by atoms with van der Waals surface area (Å²) in [5.41, 5.74) is 0.478. The van der Waals surface area contributed by atoms with Crippen molar-refractivity contribution in [3.8, 4) is 0 Å². The van der Waals surface area contributed by atoms with E-state index in [9.17, 15) is 14.3 Å². The van der Waals surface area contributed by atoms with E-state index in [1.54, 1.807) is 26.0 Å². The number of nitrogens with zero attached hydrogens (tertiary/aromatic N) is 3. The summed E-state index contributed by atoms with van der Waals surface area (Å²) in [7, 11) is 0. The molecule has 3 N–H and O–H groups in total. The van der Waals surface area contributed by atoms with Crippen LogP contribution in [0.15, 0.2) is 30.5 Å². The normalized spacial score (nSPS) is 26.5. The van der Waals surface area contributed by atoms with Gasteiger partial charge in [0.15, 0.2) is 0 Å². The van der Waals surface area contributed by atoms with Gasteiger partial charge in [0.1, 0.15) is 23.2 Å². The fourth-order valence-electron chi connectivity index (χ4n) is 4.63. The van der Waals surface area contributed by atoms with E-state index in [1.165, 1.54) is 17.0 Å². The number of fused-ring (bicyclic) bond motifs is 3. The van der Waals surface area contributed by atoms with Gasteiger partial charge < -0.3 is 15.3 Å². The standard InChI is InChI=1S/C21H28FN5O2/c1-21(2,29)19-13-27(25-24-19)11-17-9-15-7-8-26(17)12-18(15)20(28)23-10-14-3-5-16(22)6-4-14/h3-6,13,15,17-18,29H,7-12H2,1-2H3,(H,23,28)/p+1/t15-,17+,18-/m0/s1. The van der Waals surface area contributed by atoms with Gasteiger partial charge in [-0.25, -0.2) is 9.07 Å². The van der Waals surface area contributed by atoms with E-state index >= 15 is 0 Å². The highest BCUT2D eigenvalue weighted by molar-refractivity contribution is 5.79. The first-order valence-corrected chi connectivity index (χ1v) is 10.3. The topological polar surface area (TPSA) is 84.5 Å². The Hall–Kier alpha value is -2.32. The van der Waals surface area contributed by atoms with Crippen LogP contribution in [0, 0.1) is 17.7 Å². The summed E-state index contributed by atoms with van der Waals surface area (Å²) in [6, 6.07) is 6.64. The number of carbonyl (C=O) groups is 1. The van der Waals surface area contributed by atoms with E-state index in [0.717, 1.165) is 38.0 Å². The fourth-order valence-corrected chi connectivity index (χ4v) is 4.63. The number of carbonyl (C=O) groups excluding carboxylic acids is 1. The predicted molar refractivity (Wildman–Crippen MR) is 104 cm³/mol. The molecule has 1 aromatic carbocycles. The molecule has 1 unspecified atom stereocenters. The van der Waals surface area contributed by atoms with Gasteiger partial charge in [-0.05, 0) is 37.5 Å². The number of aliphatic hydroxyl groups is 1. The van der Waals surface area contributed by atoms with Crippen LogP contribution in [0.4, 0.5) is 4.39 Å². The van der Waals surface area contributed by atoms with Gasteiger partial charge in [0.05, 0.1) is 31.7 Å². The third kappa shape index (κ3) is 4.48.